The molecule has 0 saturated carbocycles. The second-order valence-corrected chi connectivity index (χ2v) is 2.47. The molecule has 1 heteroatoms. The maximum atomic E-state index is 4.15. The molecule has 1 unspecified atom stereocenters. The average molecular weight is 128 g/mol. The molecular weight excluding hydrogens is 116 g/mol. The molecule has 0 spiro atoms. The van der Waals surface area contributed by atoms with E-state index in [1.807, 2.05) is 38.2 Å². The molecule has 0 aliphatic rings. The van der Waals surface area contributed by atoms with E-state index in [1.165, 1.54) is 0 Å². The topological polar surface area (TPSA) is 0 Å². The maximum absolute atomic E-state index is 4.15. The monoisotopic (exact) mass is 128 g/mol. The summed E-state index contributed by atoms with van der Waals surface area (Å²) in [7, 11) is 0. The van der Waals surface area contributed by atoms with E-state index in [4.69, 9.17) is 0 Å². The van der Waals surface area contributed by atoms with E-state index in [1.54, 1.807) is 0 Å². The Labute approximate surface area is 56.7 Å². The Morgan fingerprint density at radius 2 is 2.00 bits per heavy atom. The van der Waals surface area contributed by atoms with E-state index >= 15 is 0 Å². The summed E-state index contributed by atoms with van der Waals surface area (Å²) < 4.78 is 0. The molecule has 0 N–H and O–H groups in total. The summed E-state index contributed by atoms with van der Waals surface area (Å²) in [6.45, 7) is 4.02. The van der Waals surface area contributed by atoms with E-state index < -0.39 is 0 Å². The van der Waals surface area contributed by atoms with E-state index in [2.05, 4.69) is 12.6 Å². The molecule has 0 aromatic rings. The molecule has 0 aliphatic carbocycles. The molecular formula is C7H12S. The lowest BCUT2D eigenvalue weighted by molar-refractivity contribution is 1.26. The standard InChI is InChI=1S/C7H12S/c1-3-4-5-6-7(2)8/h3-8H,1-2H3. The van der Waals surface area contributed by atoms with Gasteiger partial charge >= 0.3 is 0 Å². The van der Waals surface area contributed by atoms with Crippen LogP contribution in [-0.2, 0) is 0 Å². The summed E-state index contributed by atoms with van der Waals surface area (Å²) in [6.07, 6.45) is 8.01. The van der Waals surface area contributed by atoms with Crippen molar-refractivity contribution in [2.75, 3.05) is 0 Å². The Kier molecular flexibility index (Phi) is 4.87. The number of hydrogen-bond acceptors (Lipinski definition) is 1. The van der Waals surface area contributed by atoms with Crippen molar-refractivity contribution in [2.24, 2.45) is 0 Å². The molecule has 0 aliphatic heterocycles. The van der Waals surface area contributed by atoms with Crippen molar-refractivity contribution in [1.82, 2.24) is 0 Å². The van der Waals surface area contributed by atoms with Crippen LogP contribution in [0.3, 0.4) is 0 Å². The molecule has 0 bridgehead atoms. The Hall–Kier alpha value is -0.170. The number of rotatable bonds is 2. The van der Waals surface area contributed by atoms with Gasteiger partial charge in [0.05, 0.1) is 0 Å². The minimum absolute atomic E-state index is 0.367. The second kappa shape index (κ2) is 4.98. The molecule has 0 aromatic heterocycles. The van der Waals surface area contributed by atoms with Crippen molar-refractivity contribution in [1.29, 1.82) is 0 Å². The van der Waals surface area contributed by atoms with Gasteiger partial charge in [-0.15, -0.1) is 0 Å². The molecule has 0 nitrogen and oxygen atoms in total. The van der Waals surface area contributed by atoms with Crippen LogP contribution in [0.2, 0.25) is 0 Å². The van der Waals surface area contributed by atoms with E-state index in [9.17, 15) is 0 Å². The average Bonchev–Trinajstić information content (AvgIpc) is 1.66. The van der Waals surface area contributed by atoms with Crippen molar-refractivity contribution >= 4 is 12.6 Å². The molecule has 0 rings (SSSR count). The quantitative estimate of drug-likeness (QED) is 0.428. The van der Waals surface area contributed by atoms with Gasteiger partial charge in [0, 0.05) is 5.25 Å². The smallest absolute Gasteiger partial charge is 0.0171 e. The van der Waals surface area contributed by atoms with Gasteiger partial charge in [0.2, 0.25) is 0 Å². The molecule has 8 heavy (non-hydrogen) atoms. The Balaban J connectivity index is 3.34. The van der Waals surface area contributed by atoms with Crippen LogP contribution in [-0.4, -0.2) is 5.25 Å². The minimum Gasteiger partial charge on any atom is -0.172 e. The number of hydrogen-bond donors (Lipinski definition) is 1. The number of allylic oxidation sites excluding steroid dienone is 3. The van der Waals surface area contributed by atoms with Crippen LogP contribution in [0.1, 0.15) is 13.8 Å². The first kappa shape index (κ1) is 7.83. The summed E-state index contributed by atoms with van der Waals surface area (Å²) in [5.41, 5.74) is 0. The van der Waals surface area contributed by atoms with Gasteiger partial charge in [-0.05, 0) is 13.8 Å². The fraction of sp³-hybridized carbons (Fsp3) is 0.429. The molecule has 0 radical (unpaired) electrons. The summed E-state index contributed by atoms with van der Waals surface area (Å²) in [6, 6.07) is 0. The number of thiol groups is 1. The predicted octanol–water partition coefficient (Wildman–Crippen LogP) is 2.44. The summed E-state index contributed by atoms with van der Waals surface area (Å²) in [4.78, 5) is 0. The highest BCUT2D eigenvalue weighted by molar-refractivity contribution is 7.81. The van der Waals surface area contributed by atoms with Crippen LogP contribution < -0.4 is 0 Å². The van der Waals surface area contributed by atoms with Crippen LogP contribution in [0, 0.1) is 0 Å². The van der Waals surface area contributed by atoms with Gasteiger partial charge in [-0.2, -0.15) is 12.6 Å². The first-order valence-corrected chi connectivity index (χ1v) is 3.26. The predicted molar refractivity (Wildman–Crippen MR) is 42.4 cm³/mol. The minimum atomic E-state index is 0.367. The van der Waals surface area contributed by atoms with E-state index in [0.29, 0.717) is 5.25 Å². The van der Waals surface area contributed by atoms with Gasteiger partial charge in [0.1, 0.15) is 0 Å². The summed E-state index contributed by atoms with van der Waals surface area (Å²) >= 11 is 4.15. The normalized spacial score (nSPS) is 15.9. The van der Waals surface area contributed by atoms with E-state index in [-0.39, 0.29) is 0 Å². The van der Waals surface area contributed by atoms with Crippen molar-refractivity contribution in [3.8, 4) is 0 Å². The van der Waals surface area contributed by atoms with Crippen LogP contribution in [0.5, 0.6) is 0 Å². The Morgan fingerprint density at radius 1 is 1.38 bits per heavy atom. The zero-order chi connectivity index (χ0) is 6.41. The Morgan fingerprint density at radius 3 is 2.38 bits per heavy atom. The van der Waals surface area contributed by atoms with Crippen LogP contribution in [0.25, 0.3) is 0 Å². The van der Waals surface area contributed by atoms with Crippen molar-refractivity contribution in [2.45, 2.75) is 19.1 Å². The highest BCUT2D eigenvalue weighted by atomic mass is 32.1. The zero-order valence-electron chi connectivity index (χ0n) is 5.33. The van der Waals surface area contributed by atoms with Crippen molar-refractivity contribution in [3.63, 3.8) is 0 Å². The van der Waals surface area contributed by atoms with Crippen LogP contribution in [0.4, 0.5) is 0 Å². The van der Waals surface area contributed by atoms with Gasteiger partial charge in [-0.1, -0.05) is 24.3 Å². The van der Waals surface area contributed by atoms with Gasteiger partial charge in [-0.25, -0.2) is 0 Å². The highest BCUT2D eigenvalue weighted by Crippen LogP contribution is 1.93. The van der Waals surface area contributed by atoms with Gasteiger partial charge in [-0.3, -0.25) is 0 Å². The maximum Gasteiger partial charge on any atom is 0.0171 e. The fourth-order valence-corrected chi connectivity index (χ4v) is 0.435. The molecule has 0 amide bonds. The third-order valence-corrected chi connectivity index (χ3v) is 0.865. The third kappa shape index (κ3) is 5.83. The SMILES string of the molecule is CC=CC=CC(C)S. The van der Waals surface area contributed by atoms with Crippen LogP contribution >= 0.6 is 12.6 Å². The molecule has 1 atom stereocenters. The molecule has 46 valence electrons. The molecule has 0 aromatic carbocycles. The first-order chi connectivity index (χ1) is 3.77. The van der Waals surface area contributed by atoms with Crippen molar-refractivity contribution < 1.29 is 0 Å². The molecule has 0 saturated heterocycles. The van der Waals surface area contributed by atoms with Gasteiger partial charge < -0.3 is 0 Å². The summed E-state index contributed by atoms with van der Waals surface area (Å²) in [5, 5.41) is 0.367. The van der Waals surface area contributed by atoms with Gasteiger partial charge in [0.25, 0.3) is 0 Å². The lowest BCUT2D eigenvalue weighted by Gasteiger charge is -1.87. The second-order valence-electron chi connectivity index (χ2n) is 1.65. The highest BCUT2D eigenvalue weighted by Gasteiger charge is 1.78. The zero-order valence-corrected chi connectivity index (χ0v) is 6.23. The lowest BCUT2D eigenvalue weighted by atomic mass is 10.4. The first-order valence-electron chi connectivity index (χ1n) is 2.75. The molecule has 0 fully saturated rings. The van der Waals surface area contributed by atoms with Crippen molar-refractivity contribution in [3.05, 3.63) is 24.3 Å². The molecule has 0 heterocycles. The largest absolute Gasteiger partial charge is 0.172 e. The Bertz CT molecular complexity index is 90.6. The van der Waals surface area contributed by atoms with E-state index in [0.717, 1.165) is 0 Å². The summed E-state index contributed by atoms with van der Waals surface area (Å²) in [5.74, 6) is 0. The fourth-order valence-electron chi connectivity index (χ4n) is 0.336. The lowest BCUT2D eigenvalue weighted by Crippen LogP contribution is -1.78. The van der Waals surface area contributed by atoms with Gasteiger partial charge in [0.15, 0.2) is 0 Å². The van der Waals surface area contributed by atoms with Crippen LogP contribution in [0.15, 0.2) is 24.3 Å². The third-order valence-electron chi connectivity index (χ3n) is 0.693.